The van der Waals surface area contributed by atoms with Gasteiger partial charge in [-0.2, -0.15) is 0 Å². The van der Waals surface area contributed by atoms with Crippen molar-refractivity contribution in [2.75, 3.05) is 18.1 Å². The number of rotatable bonds is 5. The molecule has 0 spiro atoms. The first kappa shape index (κ1) is 15.4. The van der Waals surface area contributed by atoms with Crippen molar-refractivity contribution < 1.29 is 8.95 Å². The van der Waals surface area contributed by atoms with Gasteiger partial charge in [-0.15, -0.1) is 0 Å². The van der Waals surface area contributed by atoms with Crippen LogP contribution in [0.3, 0.4) is 0 Å². The van der Waals surface area contributed by atoms with Crippen LogP contribution in [-0.4, -0.2) is 16.6 Å². The minimum absolute atomic E-state index is 0.332. The van der Waals surface area contributed by atoms with Crippen LogP contribution in [0.25, 0.3) is 0 Å². The van der Waals surface area contributed by atoms with E-state index >= 15 is 0 Å². The summed E-state index contributed by atoms with van der Waals surface area (Å²) in [6.07, 6.45) is 0. The largest absolute Gasteiger partial charge is 0.493 e. The molecule has 0 radical (unpaired) electrons. The molecular weight excluding hydrogens is 362 g/mol. The summed E-state index contributed by atoms with van der Waals surface area (Å²) in [7, 11) is -1.28. The number of anilines is 1. The van der Waals surface area contributed by atoms with Crippen LogP contribution in [0.4, 0.5) is 5.69 Å². The molecular formula is C14H13BrClNO2S. The van der Waals surface area contributed by atoms with E-state index in [0.29, 0.717) is 28.0 Å². The molecule has 0 aromatic heterocycles. The number of hydrogen-bond donors (Lipinski definition) is 1. The molecule has 0 aliphatic rings. The van der Waals surface area contributed by atoms with Gasteiger partial charge >= 0.3 is 0 Å². The van der Waals surface area contributed by atoms with Crippen LogP contribution in [0, 0.1) is 0 Å². The minimum atomic E-state index is -1.28. The fourth-order valence-electron chi connectivity index (χ4n) is 1.63. The highest BCUT2D eigenvalue weighted by Gasteiger charge is 2.12. The number of ether oxygens (including phenoxy) is 1. The Bertz CT molecular complexity index is 599. The third kappa shape index (κ3) is 3.98. The van der Waals surface area contributed by atoms with Gasteiger partial charge in [-0.05, 0) is 36.4 Å². The monoisotopic (exact) mass is 373 g/mol. The molecule has 0 aliphatic heterocycles. The van der Waals surface area contributed by atoms with Crippen LogP contribution in [0.5, 0.6) is 5.75 Å². The molecule has 20 heavy (non-hydrogen) atoms. The Kier molecular flexibility index (Phi) is 5.46. The summed E-state index contributed by atoms with van der Waals surface area (Å²) < 4.78 is 18.7. The number of benzene rings is 2. The zero-order valence-corrected chi connectivity index (χ0v) is 13.7. The van der Waals surface area contributed by atoms with Gasteiger partial charge in [0.05, 0.1) is 26.5 Å². The summed E-state index contributed by atoms with van der Waals surface area (Å²) in [5.74, 6) is 1.07. The maximum atomic E-state index is 12.2. The quantitative estimate of drug-likeness (QED) is 0.808. The zero-order valence-electron chi connectivity index (χ0n) is 10.5. The maximum absolute atomic E-state index is 12.2. The lowest BCUT2D eigenvalue weighted by Crippen LogP contribution is -2.10. The summed E-state index contributed by atoms with van der Waals surface area (Å²) in [6, 6.07) is 12.6. The van der Waals surface area contributed by atoms with Gasteiger partial charge in [-0.1, -0.05) is 33.6 Å². The Morgan fingerprint density at radius 1 is 1.20 bits per heavy atom. The van der Waals surface area contributed by atoms with E-state index in [1.807, 2.05) is 24.3 Å². The summed E-state index contributed by atoms with van der Waals surface area (Å²) >= 11 is 9.37. The number of nitrogen functional groups attached to an aromatic ring is 1. The first-order valence-electron chi connectivity index (χ1n) is 5.88. The molecule has 0 fully saturated rings. The van der Waals surface area contributed by atoms with Gasteiger partial charge in [-0.25, -0.2) is 0 Å². The third-order valence-corrected chi connectivity index (χ3v) is 4.98. The van der Waals surface area contributed by atoms with E-state index in [1.165, 1.54) is 0 Å². The van der Waals surface area contributed by atoms with E-state index in [1.54, 1.807) is 18.2 Å². The Morgan fingerprint density at radius 2 is 1.90 bits per heavy atom. The molecule has 6 heteroatoms. The molecule has 2 aromatic rings. The van der Waals surface area contributed by atoms with Gasteiger partial charge in [0.25, 0.3) is 0 Å². The normalized spacial score (nSPS) is 12.1. The Balaban J connectivity index is 1.94. The Morgan fingerprint density at radius 3 is 2.55 bits per heavy atom. The third-order valence-electron chi connectivity index (χ3n) is 2.58. The van der Waals surface area contributed by atoms with Gasteiger partial charge in [0.1, 0.15) is 12.4 Å². The molecule has 106 valence electrons. The van der Waals surface area contributed by atoms with E-state index in [9.17, 15) is 4.21 Å². The number of nitrogens with two attached hydrogens (primary N) is 1. The van der Waals surface area contributed by atoms with E-state index in [4.69, 9.17) is 22.1 Å². The Labute approximate surface area is 133 Å². The number of hydrogen-bond acceptors (Lipinski definition) is 3. The van der Waals surface area contributed by atoms with Crippen LogP contribution in [0.1, 0.15) is 0 Å². The van der Waals surface area contributed by atoms with E-state index in [-0.39, 0.29) is 0 Å². The van der Waals surface area contributed by atoms with Crippen molar-refractivity contribution in [3.8, 4) is 5.75 Å². The van der Waals surface area contributed by atoms with Crippen molar-refractivity contribution in [1.82, 2.24) is 0 Å². The van der Waals surface area contributed by atoms with Gasteiger partial charge in [0.2, 0.25) is 0 Å². The fourth-order valence-corrected chi connectivity index (χ4v) is 3.39. The first-order chi connectivity index (χ1) is 9.58. The maximum Gasteiger partial charge on any atom is 0.119 e. The molecule has 0 saturated heterocycles. The highest BCUT2D eigenvalue weighted by molar-refractivity contribution is 9.10. The summed E-state index contributed by atoms with van der Waals surface area (Å²) in [5.41, 5.74) is 6.24. The van der Waals surface area contributed by atoms with Crippen molar-refractivity contribution >= 4 is 44.0 Å². The average molecular weight is 375 g/mol. The topological polar surface area (TPSA) is 52.3 Å². The summed E-state index contributed by atoms with van der Waals surface area (Å²) in [6.45, 7) is 0.332. The lowest BCUT2D eigenvalue weighted by atomic mass is 10.3. The van der Waals surface area contributed by atoms with Crippen molar-refractivity contribution in [3.05, 3.63) is 52.0 Å². The molecule has 2 rings (SSSR count). The molecule has 0 aliphatic carbocycles. The molecule has 0 saturated carbocycles. The molecule has 1 atom stereocenters. The number of halogens is 2. The van der Waals surface area contributed by atoms with Gasteiger partial charge in [-0.3, -0.25) is 4.21 Å². The van der Waals surface area contributed by atoms with Crippen molar-refractivity contribution in [1.29, 1.82) is 0 Å². The molecule has 0 heterocycles. The van der Waals surface area contributed by atoms with E-state index in [2.05, 4.69) is 15.9 Å². The van der Waals surface area contributed by atoms with Gasteiger partial charge < -0.3 is 10.5 Å². The second kappa shape index (κ2) is 7.11. The minimum Gasteiger partial charge on any atom is -0.493 e. The molecule has 2 aromatic carbocycles. The molecule has 0 amide bonds. The fraction of sp³-hybridized carbons (Fsp3) is 0.143. The van der Waals surface area contributed by atoms with Crippen molar-refractivity contribution in [3.63, 3.8) is 0 Å². The van der Waals surface area contributed by atoms with Crippen molar-refractivity contribution in [2.45, 2.75) is 4.90 Å². The second-order valence-electron chi connectivity index (χ2n) is 4.01. The highest BCUT2D eigenvalue weighted by atomic mass is 79.9. The zero-order chi connectivity index (χ0) is 14.5. The van der Waals surface area contributed by atoms with Crippen LogP contribution >= 0.6 is 27.5 Å². The lowest BCUT2D eigenvalue weighted by Gasteiger charge is -2.09. The van der Waals surface area contributed by atoms with Gasteiger partial charge in [0.15, 0.2) is 0 Å². The van der Waals surface area contributed by atoms with E-state index < -0.39 is 10.8 Å². The SMILES string of the molecule is Nc1cccc(Cl)c1S(=O)CCOc1ccc(Br)cc1. The predicted molar refractivity (Wildman–Crippen MR) is 86.8 cm³/mol. The predicted octanol–water partition coefficient (Wildman–Crippen LogP) is 3.87. The van der Waals surface area contributed by atoms with Crippen molar-refractivity contribution in [2.24, 2.45) is 0 Å². The first-order valence-corrected chi connectivity index (χ1v) is 8.37. The highest BCUT2D eigenvalue weighted by Crippen LogP contribution is 2.25. The summed E-state index contributed by atoms with van der Waals surface area (Å²) in [4.78, 5) is 0.480. The lowest BCUT2D eigenvalue weighted by molar-refractivity contribution is 0.342. The van der Waals surface area contributed by atoms with Crippen LogP contribution < -0.4 is 10.5 Å². The van der Waals surface area contributed by atoms with Gasteiger partial charge in [0, 0.05) is 10.2 Å². The van der Waals surface area contributed by atoms with Crippen LogP contribution in [0.15, 0.2) is 51.8 Å². The molecule has 0 bridgehead atoms. The molecule has 1 unspecified atom stereocenters. The molecule has 3 nitrogen and oxygen atoms in total. The van der Waals surface area contributed by atoms with E-state index in [0.717, 1.165) is 10.2 Å². The second-order valence-corrected chi connectivity index (χ2v) is 6.84. The van der Waals surface area contributed by atoms with Crippen LogP contribution in [0.2, 0.25) is 5.02 Å². The van der Waals surface area contributed by atoms with Crippen LogP contribution in [-0.2, 0) is 10.8 Å². The summed E-state index contributed by atoms with van der Waals surface area (Å²) in [5, 5.41) is 0.423. The smallest absolute Gasteiger partial charge is 0.119 e. The molecule has 2 N–H and O–H groups in total. The average Bonchev–Trinajstić information content (AvgIpc) is 2.41. The standard InChI is InChI=1S/C14H13BrClNO2S/c15-10-4-6-11(7-5-10)19-8-9-20(18)14-12(16)2-1-3-13(14)17/h1-7H,8-9,17H2. The Hall–Kier alpha value is -1.04.